The van der Waals surface area contributed by atoms with Crippen LogP contribution in [0.15, 0.2) is 116 Å². The van der Waals surface area contributed by atoms with Crippen LogP contribution in [0.25, 0.3) is 5.57 Å². The first kappa shape index (κ1) is 26.6. The second-order valence-electron chi connectivity index (χ2n) is 9.16. The lowest BCUT2D eigenvalue weighted by Gasteiger charge is -2.35. The zero-order valence-electron chi connectivity index (χ0n) is 21.5. The van der Waals surface area contributed by atoms with E-state index in [-0.39, 0.29) is 6.04 Å². The molecule has 0 bridgehead atoms. The topological polar surface area (TPSA) is 9.72 Å². The van der Waals surface area contributed by atoms with Crippen molar-refractivity contribution < 1.29 is 0 Å². The van der Waals surface area contributed by atoms with Gasteiger partial charge in [0.05, 0.1) is 0 Å². The third kappa shape index (κ3) is 8.32. The van der Waals surface area contributed by atoms with E-state index in [2.05, 4.69) is 121 Å². The van der Waals surface area contributed by atoms with Crippen molar-refractivity contribution in [3.63, 3.8) is 0 Å². The second kappa shape index (κ2) is 14.4. The van der Waals surface area contributed by atoms with Crippen LogP contribution in [0.1, 0.15) is 18.1 Å². The summed E-state index contributed by atoms with van der Waals surface area (Å²) in [7, 11) is 2.21. The average Bonchev–Trinajstić information content (AvgIpc) is 2.90. The van der Waals surface area contributed by atoms with Crippen LogP contribution in [0.3, 0.4) is 0 Å². The minimum absolute atomic E-state index is 0.251. The molecule has 1 aliphatic heterocycles. The van der Waals surface area contributed by atoms with Gasteiger partial charge in [-0.1, -0.05) is 110 Å². The summed E-state index contributed by atoms with van der Waals surface area (Å²) in [6.07, 6.45) is 12.4. The van der Waals surface area contributed by atoms with Gasteiger partial charge in [0, 0.05) is 51.9 Å². The van der Waals surface area contributed by atoms with E-state index < -0.39 is 0 Å². The van der Waals surface area contributed by atoms with Crippen LogP contribution >= 0.6 is 0 Å². The molecule has 2 aromatic rings. The molecule has 0 saturated carbocycles. The number of allylic oxidation sites excluding steroid dienone is 4. The SMILES string of the molecule is C=C/C=C\C(=C/C=C)C(C)N(CC=C(c1ccccc1)c1ccccc1)CCN1CCN(C)CC1. The molecule has 0 aliphatic carbocycles. The van der Waals surface area contributed by atoms with Crippen molar-refractivity contribution in [2.45, 2.75) is 13.0 Å². The molecule has 1 fully saturated rings. The molecule has 3 heteroatoms. The first-order valence-electron chi connectivity index (χ1n) is 12.7. The van der Waals surface area contributed by atoms with Crippen molar-refractivity contribution in [2.75, 3.05) is 52.9 Å². The summed E-state index contributed by atoms with van der Waals surface area (Å²) >= 11 is 0. The number of nitrogens with zero attached hydrogens (tertiary/aromatic N) is 3. The van der Waals surface area contributed by atoms with Crippen LogP contribution in [0.4, 0.5) is 0 Å². The summed E-state index contributed by atoms with van der Waals surface area (Å²) < 4.78 is 0. The van der Waals surface area contributed by atoms with E-state index in [0.29, 0.717) is 0 Å². The van der Waals surface area contributed by atoms with Crippen LogP contribution in [0, 0.1) is 0 Å². The first-order valence-corrected chi connectivity index (χ1v) is 12.7. The summed E-state index contributed by atoms with van der Waals surface area (Å²) in [6.45, 7) is 17.6. The van der Waals surface area contributed by atoms with Gasteiger partial charge in [-0.25, -0.2) is 0 Å². The Hall–Kier alpha value is -2.98. The molecule has 3 nitrogen and oxygen atoms in total. The van der Waals surface area contributed by atoms with Gasteiger partial charge in [0.25, 0.3) is 0 Å². The van der Waals surface area contributed by atoms with Crippen molar-refractivity contribution in [1.82, 2.24) is 14.7 Å². The predicted molar refractivity (Wildman–Crippen MR) is 153 cm³/mol. The Labute approximate surface area is 213 Å². The zero-order valence-corrected chi connectivity index (χ0v) is 21.5. The third-order valence-electron chi connectivity index (χ3n) is 6.76. The van der Waals surface area contributed by atoms with E-state index in [1.54, 1.807) is 0 Å². The van der Waals surface area contributed by atoms with E-state index in [9.17, 15) is 0 Å². The highest BCUT2D eigenvalue weighted by atomic mass is 15.3. The van der Waals surface area contributed by atoms with Crippen LogP contribution in [-0.2, 0) is 0 Å². The number of likely N-dealkylation sites (N-methyl/N-ethyl adjacent to an activating group) is 1. The lowest BCUT2D eigenvalue weighted by atomic mass is 9.97. The van der Waals surface area contributed by atoms with Gasteiger partial charge in [-0.3, -0.25) is 9.80 Å². The third-order valence-corrected chi connectivity index (χ3v) is 6.76. The maximum atomic E-state index is 3.95. The molecule has 0 N–H and O–H groups in total. The number of hydrogen-bond acceptors (Lipinski definition) is 3. The summed E-state index contributed by atoms with van der Waals surface area (Å²) in [5.41, 5.74) is 5.02. The molecule has 184 valence electrons. The van der Waals surface area contributed by atoms with Crippen LogP contribution in [-0.4, -0.2) is 73.6 Å². The van der Waals surface area contributed by atoms with Gasteiger partial charge in [0.1, 0.15) is 0 Å². The molecule has 0 aromatic heterocycles. The van der Waals surface area contributed by atoms with E-state index >= 15 is 0 Å². The summed E-state index contributed by atoms with van der Waals surface area (Å²) in [5, 5.41) is 0. The molecule has 1 unspecified atom stereocenters. The molecular weight excluding hydrogens is 426 g/mol. The van der Waals surface area contributed by atoms with Gasteiger partial charge in [-0.15, -0.1) is 0 Å². The molecular formula is C32H41N3. The monoisotopic (exact) mass is 467 g/mol. The normalized spacial score (nSPS) is 16.4. The Balaban J connectivity index is 1.87. The number of rotatable bonds is 12. The Morgan fingerprint density at radius 2 is 1.51 bits per heavy atom. The summed E-state index contributed by atoms with van der Waals surface area (Å²) in [4.78, 5) is 7.58. The van der Waals surface area contributed by atoms with E-state index in [0.717, 1.165) is 45.8 Å². The average molecular weight is 468 g/mol. The van der Waals surface area contributed by atoms with Crippen LogP contribution in [0.5, 0.6) is 0 Å². The molecule has 35 heavy (non-hydrogen) atoms. The molecule has 0 radical (unpaired) electrons. The van der Waals surface area contributed by atoms with Gasteiger partial charge in [0.2, 0.25) is 0 Å². The molecule has 2 aromatic carbocycles. The van der Waals surface area contributed by atoms with Gasteiger partial charge < -0.3 is 4.90 Å². The largest absolute Gasteiger partial charge is 0.304 e. The molecule has 0 amide bonds. The standard InChI is InChI=1S/C32H41N3/c1-5-7-15-29(14-6-2)28(3)35(27-26-34-24-22-33(4)23-25-34)21-20-32(30-16-10-8-11-17-30)31-18-12-9-13-19-31/h5-20,28H,1-2,21-27H2,3-4H3/b15-7-,29-14+. The van der Waals surface area contributed by atoms with Crippen molar-refractivity contribution >= 4 is 5.57 Å². The number of hydrogen-bond donors (Lipinski definition) is 0. The highest BCUT2D eigenvalue weighted by molar-refractivity contribution is 5.79. The Bertz CT molecular complexity index is 954. The number of piperazine rings is 1. The fourth-order valence-corrected chi connectivity index (χ4v) is 4.49. The molecule has 1 atom stereocenters. The Kier molecular flexibility index (Phi) is 11.0. The first-order chi connectivity index (χ1) is 17.1. The maximum Gasteiger partial charge on any atom is 0.0323 e. The fraction of sp³-hybridized carbons (Fsp3) is 0.312. The molecule has 1 saturated heterocycles. The molecule has 3 rings (SSSR count). The lowest BCUT2D eigenvalue weighted by molar-refractivity contribution is 0.132. The highest BCUT2D eigenvalue weighted by Crippen LogP contribution is 2.24. The van der Waals surface area contributed by atoms with Crippen LogP contribution < -0.4 is 0 Å². The van der Waals surface area contributed by atoms with Gasteiger partial charge in [-0.05, 0) is 36.2 Å². The predicted octanol–water partition coefficient (Wildman–Crippen LogP) is 5.91. The highest BCUT2D eigenvalue weighted by Gasteiger charge is 2.19. The minimum atomic E-state index is 0.251. The number of benzene rings is 2. The van der Waals surface area contributed by atoms with Crippen molar-refractivity contribution in [3.05, 3.63) is 127 Å². The van der Waals surface area contributed by atoms with Crippen LogP contribution in [0.2, 0.25) is 0 Å². The quantitative estimate of drug-likeness (QED) is 0.359. The van der Waals surface area contributed by atoms with Gasteiger partial charge in [0.15, 0.2) is 0 Å². The molecule has 0 spiro atoms. The van der Waals surface area contributed by atoms with Crippen molar-refractivity contribution in [3.8, 4) is 0 Å². The maximum absolute atomic E-state index is 3.95. The second-order valence-corrected chi connectivity index (χ2v) is 9.16. The Morgan fingerprint density at radius 3 is 2.06 bits per heavy atom. The summed E-state index contributed by atoms with van der Waals surface area (Å²) in [6, 6.07) is 21.7. The van der Waals surface area contributed by atoms with E-state index in [1.807, 2.05) is 18.2 Å². The molecule has 1 aliphatic rings. The van der Waals surface area contributed by atoms with E-state index in [1.165, 1.54) is 22.3 Å². The smallest absolute Gasteiger partial charge is 0.0323 e. The zero-order chi connectivity index (χ0) is 24.9. The fourth-order valence-electron chi connectivity index (χ4n) is 4.49. The van der Waals surface area contributed by atoms with Crippen molar-refractivity contribution in [2.24, 2.45) is 0 Å². The van der Waals surface area contributed by atoms with E-state index in [4.69, 9.17) is 0 Å². The lowest BCUT2D eigenvalue weighted by Crippen LogP contribution is -2.48. The Morgan fingerprint density at radius 1 is 0.914 bits per heavy atom. The molecule has 1 heterocycles. The van der Waals surface area contributed by atoms with Gasteiger partial charge >= 0.3 is 0 Å². The van der Waals surface area contributed by atoms with Gasteiger partial charge in [-0.2, -0.15) is 0 Å². The minimum Gasteiger partial charge on any atom is -0.304 e. The summed E-state index contributed by atoms with van der Waals surface area (Å²) in [5.74, 6) is 0. The van der Waals surface area contributed by atoms with Crippen molar-refractivity contribution in [1.29, 1.82) is 0 Å².